The van der Waals surface area contributed by atoms with Crippen LogP contribution in [0, 0.1) is 13.8 Å². The van der Waals surface area contributed by atoms with Crippen LogP contribution < -0.4 is 15.0 Å². The summed E-state index contributed by atoms with van der Waals surface area (Å²) in [6.45, 7) is 8.68. The average Bonchev–Trinajstić information content (AvgIpc) is 3.09. The molecule has 1 heterocycles. The molecule has 5 heteroatoms. The summed E-state index contributed by atoms with van der Waals surface area (Å²) in [4.78, 5) is 28.7. The molecule has 1 aliphatic heterocycles. The van der Waals surface area contributed by atoms with Crippen molar-refractivity contribution < 1.29 is 14.3 Å². The van der Waals surface area contributed by atoms with Crippen LogP contribution in [0.25, 0.3) is 5.57 Å². The smallest absolute Gasteiger partial charge is 0.282 e. The standard InChI is InChI=1S/C29H30N2O3/c1-5-18-34-24-16-12-22(13-17-24)26-27(30-23-14-10-21(6-2)11-15-23)29(33)31(28(26)32)25-9-7-8-19(3)20(25)4/h7-17,30H,5-6,18H2,1-4H3. The van der Waals surface area contributed by atoms with Gasteiger partial charge >= 0.3 is 0 Å². The van der Waals surface area contributed by atoms with Gasteiger partial charge < -0.3 is 10.1 Å². The molecule has 0 unspecified atom stereocenters. The van der Waals surface area contributed by atoms with E-state index in [0.29, 0.717) is 23.4 Å². The van der Waals surface area contributed by atoms with Gasteiger partial charge in [0.15, 0.2) is 0 Å². The van der Waals surface area contributed by atoms with E-state index in [2.05, 4.69) is 19.2 Å². The number of aryl methyl sites for hydroxylation is 2. The Kier molecular flexibility index (Phi) is 6.82. The molecule has 0 aliphatic carbocycles. The van der Waals surface area contributed by atoms with Crippen LogP contribution in [0.2, 0.25) is 0 Å². The molecule has 0 atom stereocenters. The number of imide groups is 1. The van der Waals surface area contributed by atoms with Gasteiger partial charge in [-0.2, -0.15) is 0 Å². The Morgan fingerprint density at radius 1 is 0.853 bits per heavy atom. The highest BCUT2D eigenvalue weighted by molar-refractivity contribution is 6.46. The molecule has 0 radical (unpaired) electrons. The van der Waals surface area contributed by atoms with Gasteiger partial charge in [0, 0.05) is 5.69 Å². The fourth-order valence-electron chi connectivity index (χ4n) is 4.02. The number of nitrogens with zero attached hydrogens (tertiary/aromatic N) is 1. The third-order valence-electron chi connectivity index (χ3n) is 6.15. The van der Waals surface area contributed by atoms with E-state index >= 15 is 0 Å². The Hall–Kier alpha value is -3.86. The van der Waals surface area contributed by atoms with Gasteiger partial charge in [0.2, 0.25) is 0 Å². The Bertz CT molecular complexity index is 1240. The predicted octanol–water partition coefficient (Wildman–Crippen LogP) is 6.05. The second-order valence-corrected chi connectivity index (χ2v) is 8.46. The Morgan fingerprint density at radius 2 is 1.56 bits per heavy atom. The van der Waals surface area contributed by atoms with Crippen molar-refractivity contribution in [3.8, 4) is 5.75 Å². The number of benzene rings is 3. The molecule has 4 rings (SSSR count). The zero-order valence-electron chi connectivity index (χ0n) is 20.1. The summed E-state index contributed by atoms with van der Waals surface area (Å²) in [6, 6.07) is 20.9. The van der Waals surface area contributed by atoms with E-state index in [-0.39, 0.29) is 17.5 Å². The summed E-state index contributed by atoms with van der Waals surface area (Å²) >= 11 is 0. The molecule has 0 aromatic heterocycles. The van der Waals surface area contributed by atoms with Gasteiger partial charge in [-0.15, -0.1) is 0 Å². The highest BCUT2D eigenvalue weighted by Crippen LogP contribution is 2.36. The molecule has 5 nitrogen and oxygen atoms in total. The minimum atomic E-state index is -0.362. The summed E-state index contributed by atoms with van der Waals surface area (Å²) < 4.78 is 5.69. The van der Waals surface area contributed by atoms with Crippen LogP contribution in [-0.2, 0) is 16.0 Å². The van der Waals surface area contributed by atoms with Crippen LogP contribution in [0.5, 0.6) is 5.75 Å². The second-order valence-electron chi connectivity index (χ2n) is 8.46. The highest BCUT2D eigenvalue weighted by atomic mass is 16.5. The van der Waals surface area contributed by atoms with Crippen molar-refractivity contribution in [2.24, 2.45) is 0 Å². The van der Waals surface area contributed by atoms with Gasteiger partial charge in [-0.3, -0.25) is 9.59 Å². The number of carbonyl (C=O) groups excluding carboxylic acids is 2. The minimum absolute atomic E-state index is 0.275. The number of amides is 2. The molecular formula is C29H30N2O3. The number of nitrogens with one attached hydrogen (secondary N) is 1. The van der Waals surface area contributed by atoms with Crippen LogP contribution in [0.3, 0.4) is 0 Å². The van der Waals surface area contributed by atoms with E-state index in [1.54, 1.807) is 0 Å². The van der Waals surface area contributed by atoms with Gasteiger partial charge in [-0.25, -0.2) is 4.90 Å². The lowest BCUT2D eigenvalue weighted by molar-refractivity contribution is -0.120. The first-order chi connectivity index (χ1) is 16.4. The Labute approximate surface area is 201 Å². The van der Waals surface area contributed by atoms with Crippen LogP contribution in [0.4, 0.5) is 11.4 Å². The number of carbonyl (C=O) groups is 2. The van der Waals surface area contributed by atoms with Crippen molar-refractivity contribution in [1.82, 2.24) is 0 Å². The molecule has 0 saturated carbocycles. The van der Waals surface area contributed by atoms with Crippen LogP contribution >= 0.6 is 0 Å². The van der Waals surface area contributed by atoms with Crippen molar-refractivity contribution in [3.63, 3.8) is 0 Å². The predicted molar refractivity (Wildman–Crippen MR) is 137 cm³/mol. The molecule has 0 saturated heterocycles. The summed E-state index contributed by atoms with van der Waals surface area (Å²) in [6.07, 6.45) is 1.84. The van der Waals surface area contributed by atoms with Crippen molar-refractivity contribution in [3.05, 3.63) is 94.7 Å². The maximum Gasteiger partial charge on any atom is 0.282 e. The molecule has 1 aliphatic rings. The van der Waals surface area contributed by atoms with Gasteiger partial charge in [-0.1, -0.05) is 50.2 Å². The lowest BCUT2D eigenvalue weighted by Gasteiger charge is -2.19. The zero-order valence-corrected chi connectivity index (χ0v) is 20.1. The zero-order chi connectivity index (χ0) is 24.2. The van der Waals surface area contributed by atoms with Gasteiger partial charge in [0.25, 0.3) is 11.8 Å². The summed E-state index contributed by atoms with van der Waals surface area (Å²) in [5, 5.41) is 3.24. The highest BCUT2D eigenvalue weighted by Gasteiger charge is 2.41. The van der Waals surface area contributed by atoms with Gasteiger partial charge in [0.05, 0.1) is 17.9 Å². The van der Waals surface area contributed by atoms with Gasteiger partial charge in [-0.05, 0) is 79.3 Å². The van der Waals surface area contributed by atoms with Gasteiger partial charge in [0.1, 0.15) is 11.4 Å². The third kappa shape index (κ3) is 4.46. The van der Waals surface area contributed by atoms with Crippen LogP contribution in [0.1, 0.15) is 42.5 Å². The Morgan fingerprint density at radius 3 is 2.21 bits per heavy atom. The number of hydrogen-bond acceptors (Lipinski definition) is 4. The number of hydrogen-bond donors (Lipinski definition) is 1. The monoisotopic (exact) mass is 454 g/mol. The van der Waals surface area contributed by atoms with E-state index in [1.165, 1.54) is 10.5 Å². The molecular weight excluding hydrogens is 424 g/mol. The lowest BCUT2D eigenvalue weighted by atomic mass is 10.0. The van der Waals surface area contributed by atoms with Crippen LogP contribution in [-0.4, -0.2) is 18.4 Å². The molecule has 3 aromatic rings. The normalized spacial score (nSPS) is 13.6. The molecule has 34 heavy (non-hydrogen) atoms. The summed E-state index contributed by atoms with van der Waals surface area (Å²) in [5.74, 6) is 0.0344. The third-order valence-corrected chi connectivity index (χ3v) is 6.15. The fourth-order valence-corrected chi connectivity index (χ4v) is 4.02. The first-order valence-electron chi connectivity index (χ1n) is 11.7. The van der Waals surface area contributed by atoms with Crippen LogP contribution in [0.15, 0.2) is 72.4 Å². The molecule has 3 aromatic carbocycles. The second kappa shape index (κ2) is 9.96. The van der Waals surface area contributed by atoms with E-state index in [4.69, 9.17) is 4.74 Å². The van der Waals surface area contributed by atoms with Crippen molar-refractivity contribution in [2.75, 3.05) is 16.8 Å². The quantitative estimate of drug-likeness (QED) is 0.421. The molecule has 2 amide bonds. The number of anilines is 2. The van der Waals surface area contributed by atoms with Crippen molar-refractivity contribution in [2.45, 2.75) is 40.5 Å². The molecule has 0 fully saturated rings. The largest absolute Gasteiger partial charge is 0.494 e. The molecule has 1 N–H and O–H groups in total. The molecule has 174 valence electrons. The number of ether oxygens (including phenoxy) is 1. The minimum Gasteiger partial charge on any atom is -0.494 e. The van der Waals surface area contributed by atoms with E-state index in [1.807, 2.05) is 80.6 Å². The van der Waals surface area contributed by atoms with Crippen molar-refractivity contribution >= 4 is 28.8 Å². The maximum absolute atomic E-state index is 13.7. The maximum atomic E-state index is 13.7. The van der Waals surface area contributed by atoms with E-state index in [9.17, 15) is 9.59 Å². The first kappa shape index (κ1) is 23.3. The summed E-state index contributed by atoms with van der Waals surface area (Å²) in [7, 11) is 0. The van der Waals surface area contributed by atoms with Crippen molar-refractivity contribution in [1.29, 1.82) is 0 Å². The first-order valence-corrected chi connectivity index (χ1v) is 11.7. The fraction of sp³-hybridized carbons (Fsp3) is 0.241. The SMILES string of the molecule is CCCOc1ccc(C2=C(Nc3ccc(CC)cc3)C(=O)N(c3cccc(C)c3C)C2=O)cc1. The van der Waals surface area contributed by atoms with E-state index < -0.39 is 0 Å². The molecule has 0 spiro atoms. The molecule has 0 bridgehead atoms. The topological polar surface area (TPSA) is 58.6 Å². The number of rotatable bonds is 8. The van der Waals surface area contributed by atoms with E-state index in [0.717, 1.165) is 35.4 Å². The Balaban J connectivity index is 1.77. The summed E-state index contributed by atoms with van der Waals surface area (Å²) in [5.41, 5.74) is 5.79. The lowest BCUT2D eigenvalue weighted by Crippen LogP contribution is -2.33. The average molecular weight is 455 g/mol.